The number of hydrogen-bond donors (Lipinski definition) is 0. The fourth-order valence-electron chi connectivity index (χ4n) is 2.38. The summed E-state index contributed by atoms with van der Waals surface area (Å²) in [5, 5.41) is 1.36. The minimum atomic E-state index is -0.0224. The van der Waals surface area contributed by atoms with E-state index in [1.807, 2.05) is 22.8 Å². The first kappa shape index (κ1) is 13.9. The molecule has 4 heteroatoms. The second-order valence-corrected chi connectivity index (χ2v) is 5.44. The summed E-state index contributed by atoms with van der Waals surface area (Å²) in [4.78, 5) is 11.8. The van der Waals surface area contributed by atoms with Crippen LogP contribution in [0.25, 0.3) is 10.9 Å². The van der Waals surface area contributed by atoms with Gasteiger partial charge in [0.05, 0.1) is 18.2 Å². The normalized spacial score (nSPS) is 11.3. The first-order chi connectivity index (χ1) is 8.97. The topological polar surface area (TPSA) is 31.2 Å². The SMILES string of the molecule is COc1cccc2c(C(C)=O)c(Cl)n(CC(C)C)c12. The van der Waals surface area contributed by atoms with Gasteiger partial charge in [0.1, 0.15) is 10.9 Å². The number of aromatic nitrogens is 1. The number of methoxy groups -OCH3 is 1. The summed E-state index contributed by atoms with van der Waals surface area (Å²) in [7, 11) is 1.63. The van der Waals surface area contributed by atoms with Gasteiger partial charge in [-0.1, -0.05) is 37.6 Å². The number of rotatable bonds is 4. The lowest BCUT2D eigenvalue weighted by Gasteiger charge is -2.12. The van der Waals surface area contributed by atoms with E-state index in [1.54, 1.807) is 14.0 Å². The van der Waals surface area contributed by atoms with E-state index in [2.05, 4.69) is 13.8 Å². The minimum Gasteiger partial charge on any atom is -0.495 e. The maximum absolute atomic E-state index is 11.8. The summed E-state index contributed by atoms with van der Waals surface area (Å²) in [5.74, 6) is 1.15. The number of Topliss-reactive ketones (excluding diaryl/α,β-unsaturated/α-hetero) is 1. The highest BCUT2D eigenvalue weighted by molar-refractivity contribution is 6.35. The summed E-state index contributed by atoms with van der Waals surface area (Å²) in [6, 6.07) is 5.68. The molecular weight excluding hydrogens is 262 g/mol. The molecule has 0 aliphatic heterocycles. The number of nitrogens with zero attached hydrogens (tertiary/aromatic N) is 1. The smallest absolute Gasteiger partial charge is 0.163 e. The first-order valence-corrected chi connectivity index (χ1v) is 6.70. The largest absolute Gasteiger partial charge is 0.495 e. The molecule has 102 valence electrons. The highest BCUT2D eigenvalue weighted by Crippen LogP contribution is 2.36. The third-order valence-corrected chi connectivity index (χ3v) is 3.49. The molecule has 0 aliphatic carbocycles. The van der Waals surface area contributed by atoms with Gasteiger partial charge in [0.15, 0.2) is 5.78 Å². The molecule has 0 unspecified atom stereocenters. The summed E-state index contributed by atoms with van der Waals surface area (Å²) < 4.78 is 7.38. The Morgan fingerprint density at radius 1 is 1.42 bits per heavy atom. The van der Waals surface area contributed by atoms with Crippen molar-refractivity contribution in [2.24, 2.45) is 5.92 Å². The molecule has 1 aromatic heterocycles. The third kappa shape index (κ3) is 2.35. The molecule has 19 heavy (non-hydrogen) atoms. The quantitative estimate of drug-likeness (QED) is 0.787. The summed E-state index contributed by atoms with van der Waals surface area (Å²) in [6.45, 7) is 6.53. The van der Waals surface area contributed by atoms with Crippen molar-refractivity contribution in [1.82, 2.24) is 4.57 Å². The van der Waals surface area contributed by atoms with Gasteiger partial charge in [0.25, 0.3) is 0 Å². The zero-order chi connectivity index (χ0) is 14.2. The van der Waals surface area contributed by atoms with Crippen LogP contribution < -0.4 is 4.74 Å². The van der Waals surface area contributed by atoms with Crippen LogP contribution in [0.5, 0.6) is 5.75 Å². The fraction of sp³-hybridized carbons (Fsp3) is 0.400. The van der Waals surface area contributed by atoms with Crippen molar-refractivity contribution >= 4 is 28.3 Å². The lowest BCUT2D eigenvalue weighted by molar-refractivity contribution is 0.101. The number of ketones is 1. The third-order valence-electron chi connectivity index (χ3n) is 3.10. The molecule has 1 heterocycles. The van der Waals surface area contributed by atoms with E-state index in [0.29, 0.717) is 16.6 Å². The lowest BCUT2D eigenvalue weighted by atomic mass is 10.1. The Hall–Kier alpha value is -1.48. The minimum absolute atomic E-state index is 0.0224. The summed E-state index contributed by atoms with van der Waals surface area (Å²) in [5.41, 5.74) is 1.48. The second kappa shape index (κ2) is 5.25. The fourth-order valence-corrected chi connectivity index (χ4v) is 2.77. The first-order valence-electron chi connectivity index (χ1n) is 6.33. The van der Waals surface area contributed by atoms with Gasteiger partial charge in [0, 0.05) is 11.9 Å². The zero-order valence-electron chi connectivity index (χ0n) is 11.7. The van der Waals surface area contributed by atoms with Gasteiger partial charge >= 0.3 is 0 Å². The van der Waals surface area contributed by atoms with Crippen molar-refractivity contribution in [2.75, 3.05) is 7.11 Å². The van der Waals surface area contributed by atoms with Crippen molar-refractivity contribution in [1.29, 1.82) is 0 Å². The zero-order valence-corrected chi connectivity index (χ0v) is 12.4. The van der Waals surface area contributed by atoms with Crippen LogP contribution in [-0.4, -0.2) is 17.5 Å². The number of hydrogen-bond acceptors (Lipinski definition) is 2. The van der Waals surface area contributed by atoms with Crippen LogP contribution in [-0.2, 0) is 6.54 Å². The predicted octanol–water partition coefficient (Wildman–Crippen LogP) is 4.16. The van der Waals surface area contributed by atoms with Gasteiger partial charge in [-0.15, -0.1) is 0 Å². The number of halogens is 1. The van der Waals surface area contributed by atoms with Gasteiger partial charge in [-0.05, 0) is 18.9 Å². The molecule has 2 rings (SSSR count). The number of para-hydroxylation sites is 1. The van der Waals surface area contributed by atoms with E-state index >= 15 is 0 Å². The van der Waals surface area contributed by atoms with Crippen molar-refractivity contribution in [3.8, 4) is 5.75 Å². The number of fused-ring (bicyclic) bond motifs is 1. The Morgan fingerprint density at radius 2 is 2.11 bits per heavy atom. The van der Waals surface area contributed by atoms with Crippen molar-refractivity contribution in [2.45, 2.75) is 27.3 Å². The van der Waals surface area contributed by atoms with E-state index in [1.165, 1.54) is 0 Å². The Morgan fingerprint density at radius 3 is 2.63 bits per heavy atom. The second-order valence-electron chi connectivity index (χ2n) is 5.08. The number of carbonyl (C=O) groups excluding carboxylic acids is 1. The number of carbonyl (C=O) groups is 1. The van der Waals surface area contributed by atoms with E-state index in [0.717, 1.165) is 23.2 Å². The average Bonchev–Trinajstić information content (AvgIpc) is 2.61. The van der Waals surface area contributed by atoms with E-state index < -0.39 is 0 Å². The Balaban J connectivity index is 2.84. The molecule has 0 saturated carbocycles. The molecule has 3 nitrogen and oxygen atoms in total. The van der Waals surface area contributed by atoms with Gasteiger partial charge in [-0.3, -0.25) is 4.79 Å². The molecule has 0 atom stereocenters. The average molecular weight is 280 g/mol. The molecule has 0 N–H and O–H groups in total. The molecular formula is C15H18ClNO2. The van der Waals surface area contributed by atoms with E-state index in [4.69, 9.17) is 16.3 Å². The Labute approximate surface area is 118 Å². The Bertz CT molecular complexity index is 629. The molecule has 0 fully saturated rings. The molecule has 0 spiro atoms. The van der Waals surface area contributed by atoms with E-state index in [9.17, 15) is 4.79 Å². The van der Waals surface area contributed by atoms with E-state index in [-0.39, 0.29) is 5.78 Å². The van der Waals surface area contributed by atoms with Crippen LogP contribution in [0.2, 0.25) is 5.15 Å². The van der Waals surface area contributed by atoms with Crippen LogP contribution >= 0.6 is 11.6 Å². The maximum atomic E-state index is 11.8. The van der Waals surface area contributed by atoms with Crippen molar-refractivity contribution < 1.29 is 9.53 Å². The van der Waals surface area contributed by atoms with Crippen LogP contribution in [0.3, 0.4) is 0 Å². The van der Waals surface area contributed by atoms with Crippen molar-refractivity contribution in [3.05, 3.63) is 28.9 Å². The standard InChI is InChI=1S/C15H18ClNO2/c1-9(2)8-17-14-11(6-5-7-12(14)19-4)13(10(3)18)15(17)16/h5-7,9H,8H2,1-4H3. The van der Waals surface area contributed by atoms with Crippen molar-refractivity contribution in [3.63, 3.8) is 0 Å². The van der Waals surface area contributed by atoms with Gasteiger partial charge in [-0.25, -0.2) is 0 Å². The molecule has 0 bridgehead atoms. The highest BCUT2D eigenvalue weighted by atomic mass is 35.5. The van der Waals surface area contributed by atoms with Crippen LogP contribution in [0, 0.1) is 5.92 Å². The number of benzene rings is 1. The van der Waals surface area contributed by atoms with Crippen LogP contribution in [0.15, 0.2) is 18.2 Å². The van der Waals surface area contributed by atoms with Gasteiger partial charge < -0.3 is 9.30 Å². The molecule has 0 amide bonds. The maximum Gasteiger partial charge on any atom is 0.163 e. The van der Waals surface area contributed by atoms with Gasteiger partial charge in [0.2, 0.25) is 0 Å². The Kier molecular flexibility index (Phi) is 3.85. The lowest BCUT2D eigenvalue weighted by Crippen LogP contribution is -2.05. The molecule has 0 aliphatic rings. The predicted molar refractivity (Wildman–Crippen MR) is 78.3 cm³/mol. The molecule has 0 saturated heterocycles. The molecule has 0 radical (unpaired) electrons. The molecule has 2 aromatic rings. The monoisotopic (exact) mass is 279 g/mol. The number of ether oxygens (including phenoxy) is 1. The highest BCUT2D eigenvalue weighted by Gasteiger charge is 2.21. The summed E-state index contributed by atoms with van der Waals surface area (Å²) >= 11 is 6.41. The summed E-state index contributed by atoms with van der Waals surface area (Å²) in [6.07, 6.45) is 0. The van der Waals surface area contributed by atoms with Crippen LogP contribution in [0.4, 0.5) is 0 Å². The molecule has 1 aromatic carbocycles. The van der Waals surface area contributed by atoms with Crippen LogP contribution in [0.1, 0.15) is 31.1 Å². The van der Waals surface area contributed by atoms with Gasteiger partial charge in [-0.2, -0.15) is 0 Å².